The van der Waals surface area contributed by atoms with Crippen molar-refractivity contribution in [3.8, 4) is 5.75 Å². The van der Waals surface area contributed by atoms with Gasteiger partial charge in [0.25, 0.3) is 0 Å². The molecule has 3 rings (SSSR count). The lowest BCUT2D eigenvalue weighted by Crippen LogP contribution is -2.30. The van der Waals surface area contributed by atoms with Crippen LogP contribution >= 0.6 is 0 Å². The molecule has 0 aliphatic heterocycles. The molecule has 3 nitrogen and oxygen atoms in total. The van der Waals surface area contributed by atoms with E-state index >= 15 is 0 Å². The minimum absolute atomic E-state index is 0.115. The Balaban J connectivity index is 0. The van der Waals surface area contributed by atoms with Crippen molar-refractivity contribution in [2.45, 2.75) is 98.8 Å². The Morgan fingerprint density at radius 3 is 1.88 bits per heavy atom. The van der Waals surface area contributed by atoms with Crippen LogP contribution in [0.15, 0.2) is 43.1 Å². The highest BCUT2D eigenvalue weighted by molar-refractivity contribution is 5.80. The van der Waals surface area contributed by atoms with E-state index in [9.17, 15) is 9.18 Å². The third kappa shape index (κ3) is 14.8. The second kappa shape index (κ2) is 22.1. The van der Waals surface area contributed by atoms with Gasteiger partial charge in [0.15, 0.2) is 11.6 Å². The summed E-state index contributed by atoms with van der Waals surface area (Å²) in [6.45, 7) is 16.9. The van der Waals surface area contributed by atoms with Crippen LogP contribution in [0.3, 0.4) is 0 Å². The first-order valence-electron chi connectivity index (χ1n) is 12.4. The number of benzene rings is 1. The van der Waals surface area contributed by atoms with Crippen molar-refractivity contribution < 1.29 is 13.9 Å². The van der Waals surface area contributed by atoms with E-state index in [1.54, 1.807) is 31.2 Å². The first-order chi connectivity index (χ1) is 15.5. The van der Waals surface area contributed by atoms with Gasteiger partial charge < -0.3 is 10.1 Å². The number of carbonyl (C=O) groups excluding carboxylic acids is 1. The molecule has 1 aromatic rings. The number of methoxy groups -OCH3 is 1. The van der Waals surface area contributed by atoms with Crippen LogP contribution in [0, 0.1) is 18.7 Å². The number of halogens is 1. The van der Waals surface area contributed by atoms with Crippen molar-refractivity contribution in [1.29, 1.82) is 0 Å². The number of hydrogen-bond donors (Lipinski definition) is 1. The number of allylic oxidation sites excluding steroid dienone is 1. The lowest BCUT2D eigenvalue weighted by molar-refractivity contribution is -0.125. The Hall–Kier alpha value is -2.10. The van der Waals surface area contributed by atoms with Crippen LogP contribution in [0.5, 0.6) is 5.75 Å². The quantitative estimate of drug-likeness (QED) is 0.468. The van der Waals surface area contributed by atoms with E-state index in [4.69, 9.17) is 4.74 Å². The highest BCUT2D eigenvalue weighted by Crippen LogP contribution is 2.23. The van der Waals surface area contributed by atoms with E-state index in [2.05, 4.69) is 18.5 Å². The smallest absolute Gasteiger partial charge is 0.227 e. The normalized spacial score (nSPS) is 14.3. The first-order valence-corrected chi connectivity index (χ1v) is 12.4. The van der Waals surface area contributed by atoms with Gasteiger partial charge in [-0.15, -0.1) is 0 Å². The predicted molar refractivity (Wildman–Crippen MR) is 138 cm³/mol. The molecule has 2 fully saturated rings. The van der Waals surface area contributed by atoms with Gasteiger partial charge in [-0.3, -0.25) is 4.79 Å². The molecule has 0 atom stereocenters. The summed E-state index contributed by atoms with van der Waals surface area (Å²) >= 11 is 0. The predicted octanol–water partition coefficient (Wildman–Crippen LogP) is 8.53. The van der Waals surface area contributed by atoms with Crippen molar-refractivity contribution in [2.24, 2.45) is 5.92 Å². The summed E-state index contributed by atoms with van der Waals surface area (Å²) in [5, 5.41) is 2.75. The first kappa shape index (κ1) is 32.1. The van der Waals surface area contributed by atoms with Gasteiger partial charge in [0.05, 0.1) is 7.11 Å². The van der Waals surface area contributed by atoms with Gasteiger partial charge in [0, 0.05) is 11.6 Å². The van der Waals surface area contributed by atoms with Crippen LogP contribution in [0.4, 0.5) is 4.39 Å². The summed E-state index contributed by atoms with van der Waals surface area (Å²) in [5.41, 5.74) is 1.22. The molecule has 2 aliphatic carbocycles. The van der Waals surface area contributed by atoms with Crippen LogP contribution in [0.25, 0.3) is 0 Å². The van der Waals surface area contributed by atoms with Gasteiger partial charge in [0.1, 0.15) is 0 Å². The zero-order chi connectivity index (χ0) is 24.8. The monoisotopic (exact) mass is 449 g/mol. The maximum atomic E-state index is 12.9. The van der Waals surface area contributed by atoms with Crippen molar-refractivity contribution >= 4 is 5.91 Å². The molecule has 1 N–H and O–H groups in total. The van der Waals surface area contributed by atoms with E-state index in [1.807, 2.05) is 27.7 Å². The molecule has 184 valence electrons. The maximum absolute atomic E-state index is 12.9. The third-order valence-electron chi connectivity index (χ3n) is 5.13. The van der Waals surface area contributed by atoms with E-state index in [1.165, 1.54) is 58.5 Å². The molecule has 0 unspecified atom stereocenters. The fourth-order valence-electron chi connectivity index (χ4n) is 3.34. The van der Waals surface area contributed by atoms with Crippen LogP contribution in [-0.2, 0) is 4.79 Å². The molecule has 0 spiro atoms. The molecular weight excluding hydrogens is 401 g/mol. The fraction of sp³-hybridized carbons (Fsp3) is 0.607. The number of ether oxygens (including phenoxy) is 1. The molecule has 1 amide bonds. The summed E-state index contributed by atoms with van der Waals surface area (Å²) < 4.78 is 17.6. The maximum Gasteiger partial charge on any atom is 0.227 e. The van der Waals surface area contributed by atoms with Crippen molar-refractivity contribution in [1.82, 2.24) is 5.32 Å². The Kier molecular flexibility index (Phi) is 22.2. The lowest BCUT2D eigenvalue weighted by atomic mass is 9.88. The summed E-state index contributed by atoms with van der Waals surface area (Å²) in [6, 6.07) is 5.07. The number of carbonyl (C=O) groups is 1. The Morgan fingerprint density at radius 2 is 1.47 bits per heavy atom. The van der Waals surface area contributed by atoms with Crippen molar-refractivity contribution in [2.75, 3.05) is 7.11 Å². The summed E-state index contributed by atoms with van der Waals surface area (Å²) in [7, 11) is 1.46. The number of nitrogens with one attached hydrogen (secondary N) is 1. The molecule has 2 aliphatic rings. The molecule has 0 saturated heterocycles. The van der Waals surface area contributed by atoms with Crippen LogP contribution in [-0.4, -0.2) is 13.0 Å². The topological polar surface area (TPSA) is 38.3 Å². The standard InChI is InChI=1S/C11H17NO.C8H9FO.C5H10.2C2H6/c1-3-9(2)12-11(13)10-7-5-4-6-8-10;1-6-4-3-5-7(10-2)8(6)9;1-2-4-5-3-1;2*1-2/h3,10H,1-2,4-8H2,(H,12,13);3-5H,1-2H3;1-5H2;2*1-2H3. The third-order valence-corrected chi connectivity index (χ3v) is 5.13. The van der Waals surface area contributed by atoms with E-state index in [0.29, 0.717) is 17.0 Å². The van der Waals surface area contributed by atoms with Crippen molar-refractivity contribution in [3.63, 3.8) is 0 Å². The van der Waals surface area contributed by atoms with Gasteiger partial charge in [0.2, 0.25) is 5.91 Å². The Morgan fingerprint density at radius 1 is 1.00 bits per heavy atom. The number of hydrogen-bond acceptors (Lipinski definition) is 2. The number of rotatable bonds is 4. The van der Waals surface area contributed by atoms with E-state index in [-0.39, 0.29) is 17.6 Å². The van der Waals surface area contributed by atoms with Gasteiger partial charge in [-0.05, 0) is 37.5 Å². The van der Waals surface area contributed by atoms with Gasteiger partial charge in [-0.2, -0.15) is 0 Å². The Labute approximate surface area is 197 Å². The van der Waals surface area contributed by atoms with Crippen LogP contribution in [0.2, 0.25) is 0 Å². The highest BCUT2D eigenvalue weighted by Gasteiger charge is 2.20. The summed E-state index contributed by atoms with van der Waals surface area (Å²) in [6.07, 6.45) is 14.7. The minimum atomic E-state index is -0.273. The molecule has 32 heavy (non-hydrogen) atoms. The number of amides is 1. The van der Waals surface area contributed by atoms with Gasteiger partial charge >= 0.3 is 0 Å². The highest BCUT2D eigenvalue weighted by atomic mass is 19.1. The summed E-state index contributed by atoms with van der Waals surface area (Å²) in [5.74, 6) is 0.347. The Bertz CT molecular complexity index is 610. The second-order valence-corrected chi connectivity index (χ2v) is 7.41. The van der Waals surface area contributed by atoms with E-state index in [0.717, 1.165) is 12.8 Å². The van der Waals surface area contributed by atoms with Crippen LogP contribution < -0.4 is 10.1 Å². The second-order valence-electron chi connectivity index (χ2n) is 7.41. The number of aryl methyl sites for hydroxylation is 1. The molecule has 0 radical (unpaired) electrons. The van der Waals surface area contributed by atoms with Crippen molar-refractivity contribution in [3.05, 3.63) is 54.5 Å². The largest absolute Gasteiger partial charge is 0.494 e. The molecule has 2 saturated carbocycles. The van der Waals surface area contributed by atoms with Gasteiger partial charge in [-0.1, -0.05) is 104 Å². The fourth-order valence-corrected chi connectivity index (χ4v) is 3.34. The minimum Gasteiger partial charge on any atom is -0.494 e. The molecule has 0 heterocycles. The zero-order valence-corrected chi connectivity index (χ0v) is 21.6. The SMILES string of the molecule is C1CCCC1.C=CC(=C)NC(=O)C1CCCCC1.CC.CC.COc1cccc(C)c1F. The van der Waals surface area contributed by atoms with E-state index < -0.39 is 0 Å². The zero-order valence-electron chi connectivity index (χ0n) is 21.6. The van der Waals surface area contributed by atoms with Crippen LogP contribution in [0.1, 0.15) is 97.5 Å². The molecule has 4 heteroatoms. The summed E-state index contributed by atoms with van der Waals surface area (Å²) in [4.78, 5) is 11.5. The molecule has 1 aromatic carbocycles. The molecule has 0 aromatic heterocycles. The average molecular weight is 450 g/mol. The van der Waals surface area contributed by atoms with Gasteiger partial charge in [-0.25, -0.2) is 4.39 Å². The lowest BCUT2D eigenvalue weighted by Gasteiger charge is -2.20. The molecule has 0 bridgehead atoms. The molecular formula is C28H48FNO2. The average Bonchev–Trinajstić information content (AvgIpc) is 3.45.